The van der Waals surface area contributed by atoms with Gasteiger partial charge in [-0.1, -0.05) is 12.1 Å². The average Bonchev–Trinajstić information content (AvgIpc) is 2.54. The van der Waals surface area contributed by atoms with Gasteiger partial charge in [0.1, 0.15) is 0 Å². The summed E-state index contributed by atoms with van der Waals surface area (Å²) in [5, 5.41) is 0. The number of carbonyl (C=O) groups is 2. The average molecular weight is 434 g/mol. The second kappa shape index (κ2) is 6.66. The molecule has 0 unspecified atom stereocenters. The van der Waals surface area contributed by atoms with Crippen molar-refractivity contribution in [3.63, 3.8) is 0 Å². The Morgan fingerprint density at radius 3 is 2.32 bits per heavy atom. The van der Waals surface area contributed by atoms with Crippen molar-refractivity contribution < 1.29 is 23.1 Å². The van der Waals surface area contributed by atoms with E-state index in [1.165, 1.54) is 31.4 Å². The van der Waals surface area contributed by atoms with Gasteiger partial charge in [0.2, 0.25) is 0 Å². The molecule has 2 aromatic carbocycles. The van der Waals surface area contributed by atoms with Gasteiger partial charge >= 0.3 is 5.97 Å². The molecular weight excluding hydrogens is 426 g/mol. The number of ketones is 1. The van der Waals surface area contributed by atoms with Gasteiger partial charge in [-0.3, -0.25) is 4.79 Å². The number of hydrogen-bond donors (Lipinski definition) is 0. The number of carbonyl (C=O) groups excluding carboxylic acids is 2. The van der Waals surface area contributed by atoms with Crippen LogP contribution in [0, 0.1) is 11.6 Å². The summed E-state index contributed by atoms with van der Waals surface area (Å²) < 4.78 is 31.7. The Morgan fingerprint density at radius 1 is 1.05 bits per heavy atom. The highest BCUT2D eigenvalue weighted by atomic mass is 79.9. The van der Waals surface area contributed by atoms with E-state index in [1.54, 1.807) is 0 Å². The Balaban J connectivity index is 2.52. The smallest absolute Gasteiger partial charge is 0.337 e. The van der Waals surface area contributed by atoms with E-state index in [1.807, 2.05) is 0 Å². The summed E-state index contributed by atoms with van der Waals surface area (Å²) in [5.74, 6) is -3.13. The van der Waals surface area contributed by atoms with Gasteiger partial charge in [0.15, 0.2) is 17.4 Å². The van der Waals surface area contributed by atoms with E-state index in [9.17, 15) is 18.4 Å². The quantitative estimate of drug-likeness (QED) is 0.309. The second-order valence-corrected chi connectivity index (χ2v) is 5.90. The maximum atomic E-state index is 14.1. The maximum absolute atomic E-state index is 14.1. The van der Waals surface area contributed by atoms with Gasteiger partial charge in [-0.15, -0.1) is 0 Å². The Labute approximate surface area is 141 Å². The van der Waals surface area contributed by atoms with Crippen LogP contribution < -0.4 is 0 Å². The van der Waals surface area contributed by atoms with Gasteiger partial charge in [-0.25, -0.2) is 13.6 Å². The largest absolute Gasteiger partial charge is 0.465 e. The topological polar surface area (TPSA) is 43.4 Å². The highest BCUT2D eigenvalue weighted by molar-refractivity contribution is 9.11. The van der Waals surface area contributed by atoms with E-state index < -0.39 is 27.9 Å². The molecule has 0 amide bonds. The number of methoxy groups -OCH3 is 1. The third-order valence-electron chi connectivity index (χ3n) is 2.89. The molecule has 0 atom stereocenters. The van der Waals surface area contributed by atoms with E-state index >= 15 is 0 Å². The Kier molecular flexibility index (Phi) is 5.08. The molecule has 0 fully saturated rings. The molecule has 2 aromatic rings. The number of ether oxygens (including phenoxy) is 1. The summed E-state index contributed by atoms with van der Waals surface area (Å²) in [5.41, 5.74) is -0.0663. The van der Waals surface area contributed by atoms with Crippen molar-refractivity contribution in [2.75, 3.05) is 7.11 Å². The van der Waals surface area contributed by atoms with Crippen LogP contribution >= 0.6 is 31.9 Å². The summed E-state index contributed by atoms with van der Waals surface area (Å²) in [7, 11) is 1.21. The minimum Gasteiger partial charge on any atom is -0.465 e. The lowest BCUT2D eigenvalue weighted by Crippen LogP contribution is -2.08. The normalized spacial score (nSPS) is 10.4. The summed E-state index contributed by atoms with van der Waals surface area (Å²) in [6, 6.07) is 6.72. The van der Waals surface area contributed by atoms with E-state index in [4.69, 9.17) is 0 Å². The first kappa shape index (κ1) is 16.8. The van der Waals surface area contributed by atoms with Crippen molar-refractivity contribution in [1.82, 2.24) is 0 Å². The summed E-state index contributed by atoms with van der Waals surface area (Å²) in [4.78, 5) is 23.9. The molecule has 0 N–H and O–H groups in total. The summed E-state index contributed by atoms with van der Waals surface area (Å²) in [6.07, 6.45) is 0. The highest BCUT2D eigenvalue weighted by Gasteiger charge is 2.22. The molecule has 2 rings (SSSR count). The van der Waals surface area contributed by atoms with E-state index in [2.05, 4.69) is 36.6 Å². The molecule has 22 heavy (non-hydrogen) atoms. The van der Waals surface area contributed by atoms with Crippen LogP contribution in [-0.4, -0.2) is 18.9 Å². The third kappa shape index (κ3) is 3.10. The van der Waals surface area contributed by atoms with Crippen LogP contribution in [0.2, 0.25) is 0 Å². The molecule has 7 heteroatoms. The van der Waals surface area contributed by atoms with Gasteiger partial charge < -0.3 is 4.74 Å². The number of esters is 1. The van der Waals surface area contributed by atoms with Gasteiger partial charge in [-0.2, -0.15) is 0 Å². The van der Waals surface area contributed by atoms with Gasteiger partial charge in [0.05, 0.1) is 27.2 Å². The fourth-order valence-corrected chi connectivity index (χ4v) is 2.92. The molecule has 0 radical (unpaired) electrons. The Bertz CT molecular complexity index is 776. The first-order valence-corrected chi connectivity index (χ1v) is 7.51. The molecule has 0 aliphatic rings. The zero-order valence-corrected chi connectivity index (χ0v) is 14.3. The minimum atomic E-state index is -1.01. The van der Waals surface area contributed by atoms with E-state index in [0.717, 1.165) is 6.07 Å². The second-order valence-electron chi connectivity index (χ2n) is 4.25. The van der Waals surface area contributed by atoms with Gasteiger partial charge in [0, 0.05) is 5.56 Å². The maximum Gasteiger partial charge on any atom is 0.337 e. The number of halogens is 4. The van der Waals surface area contributed by atoms with Crippen molar-refractivity contribution in [3.8, 4) is 0 Å². The number of rotatable bonds is 3. The highest BCUT2D eigenvalue weighted by Crippen LogP contribution is 2.30. The van der Waals surface area contributed by atoms with E-state index in [0.29, 0.717) is 0 Å². The molecule has 0 spiro atoms. The van der Waals surface area contributed by atoms with Crippen LogP contribution in [0.5, 0.6) is 0 Å². The Morgan fingerprint density at radius 2 is 1.68 bits per heavy atom. The Hall–Kier alpha value is -1.60. The van der Waals surface area contributed by atoms with Crippen LogP contribution in [0.4, 0.5) is 8.78 Å². The third-order valence-corrected chi connectivity index (χ3v) is 4.17. The van der Waals surface area contributed by atoms with Crippen molar-refractivity contribution in [3.05, 3.63) is 67.6 Å². The van der Waals surface area contributed by atoms with Gasteiger partial charge in [-0.05, 0) is 50.1 Å². The first-order chi connectivity index (χ1) is 10.4. The molecular formula is C15H8Br2F2O3. The number of hydrogen-bond acceptors (Lipinski definition) is 3. The van der Waals surface area contributed by atoms with Crippen LogP contribution in [-0.2, 0) is 4.74 Å². The lowest BCUT2D eigenvalue weighted by molar-refractivity contribution is 0.0600. The number of benzene rings is 2. The monoisotopic (exact) mass is 432 g/mol. The van der Waals surface area contributed by atoms with Gasteiger partial charge in [0.25, 0.3) is 0 Å². The van der Waals surface area contributed by atoms with E-state index in [-0.39, 0.29) is 21.2 Å². The summed E-state index contributed by atoms with van der Waals surface area (Å²) in [6.45, 7) is 0. The molecule has 0 aliphatic heterocycles. The van der Waals surface area contributed by atoms with Crippen LogP contribution in [0.15, 0.2) is 39.3 Å². The van der Waals surface area contributed by atoms with Crippen molar-refractivity contribution >= 4 is 43.6 Å². The predicted octanol–water partition coefficient (Wildman–Crippen LogP) is 4.51. The van der Waals surface area contributed by atoms with Crippen LogP contribution in [0.25, 0.3) is 0 Å². The van der Waals surface area contributed by atoms with Crippen molar-refractivity contribution in [2.24, 2.45) is 0 Å². The predicted molar refractivity (Wildman–Crippen MR) is 83.0 cm³/mol. The molecule has 0 saturated carbocycles. The zero-order valence-electron chi connectivity index (χ0n) is 11.1. The summed E-state index contributed by atoms with van der Waals surface area (Å²) >= 11 is 5.69. The standard InChI is InChI=1S/C15H8Br2F2O3/c1-22-15(21)8-4-2-3-7(5-8)14(20)9-6-10(16)13(19)11(17)12(9)18/h2-6H,1H3. The zero-order chi connectivity index (χ0) is 16.4. The molecule has 0 heterocycles. The molecule has 3 nitrogen and oxygen atoms in total. The molecule has 0 aliphatic carbocycles. The van der Waals surface area contributed by atoms with Crippen molar-refractivity contribution in [1.29, 1.82) is 0 Å². The SMILES string of the molecule is COC(=O)c1cccc(C(=O)c2cc(Br)c(F)c(Br)c2F)c1. The van der Waals surface area contributed by atoms with Crippen LogP contribution in [0.1, 0.15) is 26.3 Å². The fraction of sp³-hybridized carbons (Fsp3) is 0.0667. The molecule has 0 saturated heterocycles. The van der Waals surface area contributed by atoms with Crippen molar-refractivity contribution in [2.45, 2.75) is 0 Å². The molecule has 114 valence electrons. The minimum absolute atomic E-state index is 0.0479. The van der Waals surface area contributed by atoms with Crippen LogP contribution in [0.3, 0.4) is 0 Å². The lowest BCUT2D eigenvalue weighted by Gasteiger charge is -2.08. The molecule has 0 aromatic heterocycles. The fourth-order valence-electron chi connectivity index (χ4n) is 1.80. The lowest BCUT2D eigenvalue weighted by atomic mass is 10.0. The first-order valence-electron chi connectivity index (χ1n) is 5.93. The molecule has 0 bridgehead atoms.